The highest BCUT2D eigenvalue weighted by atomic mass is 79.9. The highest BCUT2D eigenvalue weighted by molar-refractivity contribution is 9.09. The molecule has 0 aromatic carbocycles. The van der Waals surface area contributed by atoms with E-state index in [9.17, 15) is 0 Å². The van der Waals surface area contributed by atoms with Gasteiger partial charge in [0.05, 0.1) is 0 Å². The lowest BCUT2D eigenvalue weighted by Gasteiger charge is -2.21. The van der Waals surface area contributed by atoms with Gasteiger partial charge in [0.1, 0.15) is 0 Å². The molecule has 0 radical (unpaired) electrons. The van der Waals surface area contributed by atoms with E-state index < -0.39 is 0 Å². The molecule has 88 valence electrons. The standard InChI is InChI=1S/C12H23BrN2/c13-5-9-15-7-1-6-14(10-11-15)8-4-12-2-3-12/h12H,1-11H2. The molecule has 3 heteroatoms. The second-order valence-electron chi connectivity index (χ2n) is 4.96. The lowest BCUT2D eigenvalue weighted by atomic mass is 10.2. The quantitative estimate of drug-likeness (QED) is 0.710. The summed E-state index contributed by atoms with van der Waals surface area (Å²) in [4.78, 5) is 5.26. The summed E-state index contributed by atoms with van der Waals surface area (Å²) in [7, 11) is 0. The lowest BCUT2D eigenvalue weighted by Crippen LogP contribution is -2.32. The molecule has 0 aromatic heterocycles. The fraction of sp³-hybridized carbons (Fsp3) is 1.00. The molecule has 0 bridgehead atoms. The van der Waals surface area contributed by atoms with Gasteiger partial charge in [-0.15, -0.1) is 0 Å². The topological polar surface area (TPSA) is 6.48 Å². The van der Waals surface area contributed by atoms with E-state index in [2.05, 4.69) is 25.7 Å². The molecule has 1 aliphatic heterocycles. The van der Waals surface area contributed by atoms with Crippen molar-refractivity contribution in [2.75, 3.05) is 44.6 Å². The number of nitrogens with zero attached hydrogens (tertiary/aromatic N) is 2. The van der Waals surface area contributed by atoms with Gasteiger partial charge in [-0.05, 0) is 38.4 Å². The first-order valence-corrected chi connectivity index (χ1v) is 7.51. The summed E-state index contributed by atoms with van der Waals surface area (Å²) in [5.74, 6) is 1.09. The van der Waals surface area contributed by atoms with Crippen molar-refractivity contribution in [2.24, 2.45) is 5.92 Å². The Balaban J connectivity index is 1.64. The van der Waals surface area contributed by atoms with Crippen molar-refractivity contribution < 1.29 is 0 Å². The van der Waals surface area contributed by atoms with Crippen LogP contribution in [0.25, 0.3) is 0 Å². The van der Waals surface area contributed by atoms with Crippen LogP contribution in [0.1, 0.15) is 25.7 Å². The Kier molecular flexibility index (Phi) is 4.92. The van der Waals surface area contributed by atoms with Gasteiger partial charge in [-0.25, -0.2) is 0 Å². The Labute approximate surface area is 102 Å². The first-order valence-electron chi connectivity index (χ1n) is 6.39. The number of alkyl halides is 1. The predicted octanol–water partition coefficient (Wildman–Crippen LogP) is 2.19. The van der Waals surface area contributed by atoms with Crippen LogP contribution in [0, 0.1) is 5.92 Å². The van der Waals surface area contributed by atoms with E-state index in [4.69, 9.17) is 0 Å². The summed E-state index contributed by atoms with van der Waals surface area (Å²) < 4.78 is 0. The molecule has 2 fully saturated rings. The molecule has 0 spiro atoms. The largest absolute Gasteiger partial charge is 0.302 e. The minimum absolute atomic E-state index is 1.09. The van der Waals surface area contributed by atoms with E-state index >= 15 is 0 Å². The molecule has 1 saturated heterocycles. The second kappa shape index (κ2) is 6.21. The van der Waals surface area contributed by atoms with Gasteiger partial charge in [-0.3, -0.25) is 0 Å². The molecule has 2 aliphatic rings. The van der Waals surface area contributed by atoms with Crippen LogP contribution in [0.15, 0.2) is 0 Å². The van der Waals surface area contributed by atoms with Gasteiger partial charge >= 0.3 is 0 Å². The Morgan fingerprint density at radius 2 is 1.60 bits per heavy atom. The highest BCUT2D eigenvalue weighted by Gasteiger charge is 2.22. The van der Waals surface area contributed by atoms with Crippen LogP contribution in [0.3, 0.4) is 0 Å². The zero-order valence-electron chi connectivity index (χ0n) is 9.63. The molecule has 1 saturated carbocycles. The fourth-order valence-electron chi connectivity index (χ4n) is 2.36. The Morgan fingerprint density at radius 3 is 2.20 bits per heavy atom. The van der Waals surface area contributed by atoms with Crippen LogP contribution in [0.5, 0.6) is 0 Å². The minimum Gasteiger partial charge on any atom is -0.302 e. The molecule has 0 N–H and O–H groups in total. The molecule has 0 aromatic rings. The average molecular weight is 275 g/mol. The highest BCUT2D eigenvalue weighted by Crippen LogP contribution is 2.32. The smallest absolute Gasteiger partial charge is 0.0159 e. The molecule has 1 heterocycles. The average Bonchev–Trinajstić information content (AvgIpc) is 3.02. The Morgan fingerprint density at radius 1 is 0.933 bits per heavy atom. The maximum atomic E-state index is 3.53. The number of hydrogen-bond donors (Lipinski definition) is 0. The lowest BCUT2D eigenvalue weighted by molar-refractivity contribution is 0.258. The van der Waals surface area contributed by atoms with Crippen LogP contribution in [0.2, 0.25) is 0 Å². The summed E-state index contributed by atoms with van der Waals surface area (Å²) in [6, 6.07) is 0. The molecule has 15 heavy (non-hydrogen) atoms. The van der Waals surface area contributed by atoms with Crippen molar-refractivity contribution in [1.29, 1.82) is 0 Å². The second-order valence-corrected chi connectivity index (χ2v) is 5.75. The number of halogens is 1. The third-order valence-electron chi connectivity index (χ3n) is 3.63. The first-order chi connectivity index (χ1) is 7.38. The number of rotatable bonds is 5. The van der Waals surface area contributed by atoms with Gasteiger partial charge in [-0.1, -0.05) is 28.8 Å². The van der Waals surface area contributed by atoms with Crippen LogP contribution in [-0.2, 0) is 0 Å². The van der Waals surface area contributed by atoms with Crippen LogP contribution >= 0.6 is 15.9 Å². The van der Waals surface area contributed by atoms with Crippen LogP contribution < -0.4 is 0 Å². The molecular weight excluding hydrogens is 252 g/mol. The molecule has 1 aliphatic carbocycles. The van der Waals surface area contributed by atoms with Gasteiger partial charge < -0.3 is 9.80 Å². The molecule has 0 amide bonds. The third-order valence-corrected chi connectivity index (χ3v) is 3.99. The zero-order valence-corrected chi connectivity index (χ0v) is 11.2. The van der Waals surface area contributed by atoms with Crippen LogP contribution in [0.4, 0.5) is 0 Å². The van der Waals surface area contributed by atoms with Crippen molar-refractivity contribution in [3.8, 4) is 0 Å². The fourth-order valence-corrected chi connectivity index (χ4v) is 2.86. The minimum atomic E-state index is 1.09. The zero-order chi connectivity index (χ0) is 10.5. The molecule has 2 nitrogen and oxygen atoms in total. The van der Waals surface area contributed by atoms with E-state index in [1.54, 1.807) is 0 Å². The molecule has 0 unspecified atom stereocenters. The summed E-state index contributed by atoms with van der Waals surface area (Å²) in [6.07, 6.45) is 5.82. The maximum Gasteiger partial charge on any atom is 0.0159 e. The van der Waals surface area contributed by atoms with Gasteiger partial charge in [0.2, 0.25) is 0 Å². The van der Waals surface area contributed by atoms with Gasteiger partial charge in [-0.2, -0.15) is 0 Å². The van der Waals surface area contributed by atoms with Crippen molar-refractivity contribution in [3.63, 3.8) is 0 Å². The molecule has 0 atom stereocenters. The van der Waals surface area contributed by atoms with Crippen LogP contribution in [-0.4, -0.2) is 54.4 Å². The van der Waals surface area contributed by atoms with Crippen molar-refractivity contribution >= 4 is 15.9 Å². The first kappa shape index (κ1) is 11.9. The monoisotopic (exact) mass is 274 g/mol. The van der Waals surface area contributed by atoms with Gasteiger partial charge in [0.15, 0.2) is 0 Å². The Hall–Kier alpha value is 0.400. The molecular formula is C12H23BrN2. The Bertz CT molecular complexity index is 182. The third kappa shape index (κ3) is 4.41. The maximum absolute atomic E-state index is 3.53. The van der Waals surface area contributed by atoms with E-state index in [-0.39, 0.29) is 0 Å². The summed E-state index contributed by atoms with van der Waals surface area (Å²) in [5, 5.41) is 1.12. The SMILES string of the molecule is BrCCN1CCCN(CCC2CC2)CC1. The van der Waals surface area contributed by atoms with Crippen molar-refractivity contribution in [1.82, 2.24) is 9.80 Å². The van der Waals surface area contributed by atoms with E-state index in [1.807, 2.05) is 0 Å². The van der Waals surface area contributed by atoms with E-state index in [1.165, 1.54) is 65.0 Å². The number of hydrogen-bond acceptors (Lipinski definition) is 2. The summed E-state index contributed by atoms with van der Waals surface area (Å²) >= 11 is 3.53. The normalized spacial score (nSPS) is 25.4. The van der Waals surface area contributed by atoms with Crippen molar-refractivity contribution in [2.45, 2.75) is 25.7 Å². The summed E-state index contributed by atoms with van der Waals surface area (Å²) in [5.41, 5.74) is 0. The van der Waals surface area contributed by atoms with Gasteiger partial charge in [0.25, 0.3) is 0 Å². The van der Waals surface area contributed by atoms with E-state index in [0.717, 1.165) is 11.2 Å². The van der Waals surface area contributed by atoms with Crippen molar-refractivity contribution in [3.05, 3.63) is 0 Å². The van der Waals surface area contributed by atoms with Gasteiger partial charge in [0, 0.05) is 25.0 Å². The molecule has 2 rings (SSSR count). The summed E-state index contributed by atoms with van der Waals surface area (Å²) in [6.45, 7) is 7.76. The van der Waals surface area contributed by atoms with E-state index in [0.29, 0.717) is 0 Å². The predicted molar refractivity (Wildman–Crippen MR) is 68.6 cm³/mol.